The van der Waals surface area contributed by atoms with Crippen molar-refractivity contribution in [2.45, 2.75) is 37.0 Å². The van der Waals surface area contributed by atoms with Crippen LogP contribution >= 0.6 is 11.8 Å². The van der Waals surface area contributed by atoms with Crippen molar-refractivity contribution in [3.63, 3.8) is 0 Å². The van der Waals surface area contributed by atoms with Crippen molar-refractivity contribution < 1.29 is 9.53 Å². The minimum absolute atomic E-state index is 0.197. The van der Waals surface area contributed by atoms with Crippen molar-refractivity contribution in [1.29, 1.82) is 0 Å². The first-order valence-corrected chi connectivity index (χ1v) is 7.99. The van der Waals surface area contributed by atoms with Crippen LogP contribution in [0.4, 0.5) is 0 Å². The van der Waals surface area contributed by atoms with Gasteiger partial charge in [0.2, 0.25) is 5.91 Å². The molecule has 2 fully saturated rings. The summed E-state index contributed by atoms with van der Waals surface area (Å²) in [6.45, 7) is 3.30. The summed E-state index contributed by atoms with van der Waals surface area (Å²) in [6.07, 6.45) is 4.65. The molecule has 2 unspecified atom stereocenters. The number of thioether (sulfide) groups is 1. The topological polar surface area (TPSA) is 41.6 Å². The van der Waals surface area contributed by atoms with Crippen molar-refractivity contribution in [3.05, 3.63) is 0 Å². The summed E-state index contributed by atoms with van der Waals surface area (Å²) >= 11 is 1.82. The van der Waals surface area contributed by atoms with Gasteiger partial charge in [-0.25, -0.2) is 0 Å². The monoisotopic (exact) mass is 272 g/mol. The van der Waals surface area contributed by atoms with Gasteiger partial charge in [-0.2, -0.15) is 0 Å². The highest BCUT2D eigenvalue weighted by Gasteiger charge is 2.29. The van der Waals surface area contributed by atoms with E-state index in [1.54, 1.807) is 7.11 Å². The number of hydrogen-bond donors (Lipinski definition) is 1. The first-order valence-electron chi connectivity index (χ1n) is 6.94. The van der Waals surface area contributed by atoms with Crippen LogP contribution in [0.1, 0.15) is 25.7 Å². The van der Waals surface area contributed by atoms with Gasteiger partial charge in [0.15, 0.2) is 0 Å². The molecule has 1 N–H and O–H groups in total. The summed E-state index contributed by atoms with van der Waals surface area (Å²) in [5.41, 5.74) is 0. The first kappa shape index (κ1) is 14.2. The minimum atomic E-state index is 0.197. The third kappa shape index (κ3) is 3.87. The van der Waals surface area contributed by atoms with Crippen molar-refractivity contribution in [2.75, 3.05) is 39.1 Å². The van der Waals surface area contributed by atoms with Gasteiger partial charge < -0.3 is 15.0 Å². The molecule has 0 aliphatic carbocycles. The van der Waals surface area contributed by atoms with E-state index in [0.717, 1.165) is 31.8 Å². The average molecular weight is 272 g/mol. The molecule has 2 atom stereocenters. The number of ether oxygens (including phenoxy) is 1. The molecule has 18 heavy (non-hydrogen) atoms. The zero-order valence-electron chi connectivity index (χ0n) is 11.2. The zero-order valence-corrected chi connectivity index (χ0v) is 12.0. The molecule has 2 aliphatic heterocycles. The molecule has 0 radical (unpaired) electrons. The standard InChI is InChI=1S/C13H24N2O2S/c1-17-8-7-15(10-11-4-2-6-14-11)13(16)12-5-3-9-18-12/h11-12,14H,2-10H2,1H3. The van der Waals surface area contributed by atoms with Gasteiger partial charge in [-0.1, -0.05) is 0 Å². The van der Waals surface area contributed by atoms with Gasteiger partial charge in [0.25, 0.3) is 0 Å². The molecule has 0 saturated carbocycles. The number of nitrogens with zero attached hydrogens (tertiary/aromatic N) is 1. The molecule has 1 amide bonds. The van der Waals surface area contributed by atoms with Gasteiger partial charge in [0, 0.05) is 26.2 Å². The van der Waals surface area contributed by atoms with E-state index in [-0.39, 0.29) is 5.25 Å². The second-order valence-corrected chi connectivity index (χ2v) is 6.38. The molecule has 2 saturated heterocycles. The van der Waals surface area contributed by atoms with Gasteiger partial charge in [-0.05, 0) is 38.0 Å². The molecular formula is C13H24N2O2S. The minimum Gasteiger partial charge on any atom is -0.383 e. The molecule has 0 aromatic rings. The lowest BCUT2D eigenvalue weighted by molar-refractivity contribution is -0.131. The fourth-order valence-electron chi connectivity index (χ4n) is 2.65. The molecule has 4 nitrogen and oxygen atoms in total. The Morgan fingerprint density at radius 1 is 1.44 bits per heavy atom. The van der Waals surface area contributed by atoms with Gasteiger partial charge in [0.05, 0.1) is 11.9 Å². The fraction of sp³-hybridized carbons (Fsp3) is 0.923. The number of methoxy groups -OCH3 is 1. The maximum absolute atomic E-state index is 12.5. The second-order valence-electron chi connectivity index (χ2n) is 5.07. The lowest BCUT2D eigenvalue weighted by Crippen LogP contribution is -2.45. The maximum Gasteiger partial charge on any atom is 0.235 e. The predicted molar refractivity (Wildman–Crippen MR) is 75.0 cm³/mol. The molecule has 0 spiro atoms. The fourth-order valence-corrected chi connectivity index (χ4v) is 3.89. The quantitative estimate of drug-likeness (QED) is 0.786. The van der Waals surface area contributed by atoms with E-state index in [4.69, 9.17) is 4.74 Å². The van der Waals surface area contributed by atoms with E-state index in [0.29, 0.717) is 18.6 Å². The molecule has 2 aliphatic rings. The van der Waals surface area contributed by atoms with Crippen LogP contribution in [-0.2, 0) is 9.53 Å². The van der Waals surface area contributed by atoms with Crippen molar-refractivity contribution in [3.8, 4) is 0 Å². The van der Waals surface area contributed by atoms with Gasteiger partial charge >= 0.3 is 0 Å². The Bertz CT molecular complexity index is 264. The van der Waals surface area contributed by atoms with Crippen LogP contribution in [0.3, 0.4) is 0 Å². The first-order chi connectivity index (χ1) is 8.81. The molecule has 5 heteroatoms. The van der Waals surface area contributed by atoms with Crippen LogP contribution in [-0.4, -0.2) is 61.2 Å². The smallest absolute Gasteiger partial charge is 0.235 e. The molecule has 2 heterocycles. The maximum atomic E-state index is 12.5. The van der Waals surface area contributed by atoms with Crippen LogP contribution in [0.15, 0.2) is 0 Å². The Morgan fingerprint density at radius 2 is 2.33 bits per heavy atom. The van der Waals surface area contributed by atoms with E-state index in [1.807, 2.05) is 16.7 Å². The molecule has 2 rings (SSSR count). The number of carbonyl (C=O) groups excluding carboxylic acids is 1. The molecule has 0 aromatic carbocycles. The van der Waals surface area contributed by atoms with Crippen LogP contribution in [0.25, 0.3) is 0 Å². The van der Waals surface area contributed by atoms with Gasteiger partial charge in [-0.3, -0.25) is 4.79 Å². The predicted octanol–water partition coefficient (Wildman–Crippen LogP) is 1.11. The molecule has 0 aromatic heterocycles. The largest absolute Gasteiger partial charge is 0.383 e. The number of carbonyl (C=O) groups is 1. The summed E-state index contributed by atoms with van der Waals surface area (Å²) in [6, 6.07) is 0.484. The molecule has 104 valence electrons. The SMILES string of the molecule is COCCN(CC1CCCN1)C(=O)C1CCCS1. The van der Waals surface area contributed by atoms with E-state index < -0.39 is 0 Å². The third-order valence-corrected chi connectivity index (χ3v) is 5.05. The van der Waals surface area contributed by atoms with Crippen molar-refractivity contribution in [1.82, 2.24) is 10.2 Å². The summed E-state index contributed by atoms with van der Waals surface area (Å²) in [5.74, 6) is 1.46. The summed E-state index contributed by atoms with van der Waals surface area (Å²) in [4.78, 5) is 14.5. The summed E-state index contributed by atoms with van der Waals surface area (Å²) < 4.78 is 5.13. The van der Waals surface area contributed by atoms with Gasteiger partial charge in [0.1, 0.15) is 0 Å². The Morgan fingerprint density at radius 3 is 2.94 bits per heavy atom. The normalized spacial score (nSPS) is 27.6. The van der Waals surface area contributed by atoms with Crippen LogP contribution in [0, 0.1) is 0 Å². The molecule has 0 bridgehead atoms. The van der Waals surface area contributed by atoms with Gasteiger partial charge in [-0.15, -0.1) is 11.8 Å². The average Bonchev–Trinajstić information content (AvgIpc) is 3.06. The zero-order chi connectivity index (χ0) is 12.8. The molecular weight excluding hydrogens is 248 g/mol. The Balaban J connectivity index is 1.87. The number of amides is 1. The lowest BCUT2D eigenvalue weighted by Gasteiger charge is -2.27. The Kier molecular flexibility index (Phi) is 5.79. The van der Waals surface area contributed by atoms with Crippen molar-refractivity contribution >= 4 is 17.7 Å². The van der Waals surface area contributed by atoms with E-state index in [9.17, 15) is 4.79 Å². The van der Waals surface area contributed by atoms with E-state index in [1.165, 1.54) is 19.3 Å². The Hall–Kier alpha value is -0.260. The van der Waals surface area contributed by atoms with Crippen molar-refractivity contribution in [2.24, 2.45) is 0 Å². The lowest BCUT2D eigenvalue weighted by atomic mass is 10.2. The van der Waals surface area contributed by atoms with Crippen LogP contribution in [0.2, 0.25) is 0 Å². The van der Waals surface area contributed by atoms with E-state index >= 15 is 0 Å². The van der Waals surface area contributed by atoms with Crippen LogP contribution in [0.5, 0.6) is 0 Å². The van der Waals surface area contributed by atoms with E-state index in [2.05, 4.69) is 5.32 Å². The summed E-state index contributed by atoms with van der Waals surface area (Å²) in [5, 5.41) is 3.66. The highest BCUT2D eigenvalue weighted by Crippen LogP contribution is 2.28. The number of hydrogen-bond acceptors (Lipinski definition) is 4. The number of nitrogens with one attached hydrogen (secondary N) is 1. The third-order valence-electron chi connectivity index (χ3n) is 3.69. The number of rotatable bonds is 6. The highest BCUT2D eigenvalue weighted by atomic mass is 32.2. The highest BCUT2D eigenvalue weighted by molar-refractivity contribution is 8.00. The Labute approximate surface area is 114 Å². The second kappa shape index (κ2) is 7.36. The summed E-state index contributed by atoms with van der Waals surface area (Å²) in [7, 11) is 1.70. The van der Waals surface area contributed by atoms with Crippen LogP contribution < -0.4 is 5.32 Å².